The van der Waals surface area contributed by atoms with Gasteiger partial charge in [0.1, 0.15) is 5.82 Å². The van der Waals surface area contributed by atoms with Gasteiger partial charge in [-0.25, -0.2) is 9.18 Å². The molecule has 0 aromatic heterocycles. The fraction of sp³-hybridized carbons (Fsp3) is 0.0714. The number of halogens is 2. The third-order valence-corrected chi connectivity index (χ3v) is 3.17. The minimum Gasteiger partial charge on any atom is -0.478 e. The number of hydrogen-bond acceptors (Lipinski definition) is 3. The molecule has 0 radical (unpaired) electrons. The van der Waals surface area contributed by atoms with Crippen LogP contribution in [-0.4, -0.2) is 11.1 Å². The molecule has 0 aliphatic rings. The molecule has 2 aromatic carbocycles. The van der Waals surface area contributed by atoms with Crippen LogP contribution >= 0.6 is 11.6 Å². The van der Waals surface area contributed by atoms with E-state index in [1.165, 1.54) is 0 Å². The first kappa shape index (κ1) is 14.1. The van der Waals surface area contributed by atoms with Crippen LogP contribution < -0.4 is 11.1 Å². The number of hydrogen-bond donors (Lipinski definition) is 3. The molecule has 0 aliphatic carbocycles. The average molecular weight is 295 g/mol. The molecular formula is C14H12ClFN2O2. The number of anilines is 3. The standard InChI is InChI=1S/C14H12ClFN2O2/c1-7-3-2-4-9(15)13(7)18-12-6-10(16)8(14(19)20)5-11(12)17/h2-6,18H,17H2,1H3,(H,19,20). The molecule has 0 unspecified atom stereocenters. The predicted molar refractivity (Wildman–Crippen MR) is 77.2 cm³/mol. The third-order valence-electron chi connectivity index (χ3n) is 2.85. The Morgan fingerprint density at radius 2 is 2.10 bits per heavy atom. The number of aromatic carboxylic acids is 1. The number of carboxylic acid groups (broad SMARTS) is 1. The highest BCUT2D eigenvalue weighted by Crippen LogP contribution is 2.32. The van der Waals surface area contributed by atoms with E-state index >= 15 is 0 Å². The molecule has 6 heteroatoms. The van der Waals surface area contributed by atoms with Crippen LogP contribution in [0.1, 0.15) is 15.9 Å². The predicted octanol–water partition coefficient (Wildman–Crippen LogP) is 3.81. The number of para-hydroxylation sites is 1. The van der Waals surface area contributed by atoms with Crippen LogP contribution in [0.5, 0.6) is 0 Å². The van der Waals surface area contributed by atoms with Gasteiger partial charge >= 0.3 is 5.97 Å². The van der Waals surface area contributed by atoms with Gasteiger partial charge in [-0.2, -0.15) is 0 Å². The first-order chi connectivity index (χ1) is 9.40. The van der Waals surface area contributed by atoms with E-state index in [0.717, 1.165) is 17.7 Å². The van der Waals surface area contributed by atoms with Crippen molar-refractivity contribution in [1.82, 2.24) is 0 Å². The van der Waals surface area contributed by atoms with E-state index in [0.29, 0.717) is 10.7 Å². The van der Waals surface area contributed by atoms with Gasteiger partial charge in [-0.05, 0) is 24.6 Å². The van der Waals surface area contributed by atoms with Crippen molar-refractivity contribution >= 4 is 34.6 Å². The van der Waals surface area contributed by atoms with Crippen LogP contribution in [-0.2, 0) is 0 Å². The smallest absolute Gasteiger partial charge is 0.338 e. The second-order valence-electron chi connectivity index (χ2n) is 4.28. The van der Waals surface area contributed by atoms with Gasteiger partial charge in [0.15, 0.2) is 0 Å². The molecule has 0 bridgehead atoms. The Hall–Kier alpha value is -2.27. The maximum absolute atomic E-state index is 13.7. The summed E-state index contributed by atoms with van der Waals surface area (Å²) < 4.78 is 13.7. The lowest BCUT2D eigenvalue weighted by molar-refractivity contribution is 0.0692. The largest absolute Gasteiger partial charge is 0.478 e. The monoisotopic (exact) mass is 294 g/mol. The zero-order chi connectivity index (χ0) is 14.9. The topological polar surface area (TPSA) is 75.3 Å². The average Bonchev–Trinajstić information content (AvgIpc) is 2.37. The molecule has 4 N–H and O–H groups in total. The van der Waals surface area contributed by atoms with E-state index < -0.39 is 17.3 Å². The molecule has 0 saturated carbocycles. The van der Waals surface area contributed by atoms with E-state index in [-0.39, 0.29) is 11.4 Å². The lowest BCUT2D eigenvalue weighted by Crippen LogP contribution is -2.05. The Balaban J connectivity index is 2.45. The van der Waals surface area contributed by atoms with Gasteiger partial charge in [-0.15, -0.1) is 0 Å². The fourth-order valence-electron chi connectivity index (χ4n) is 1.79. The summed E-state index contributed by atoms with van der Waals surface area (Å²) in [7, 11) is 0. The van der Waals surface area contributed by atoms with Crippen molar-refractivity contribution in [3.63, 3.8) is 0 Å². The van der Waals surface area contributed by atoms with E-state index in [1.807, 2.05) is 13.0 Å². The number of nitrogens with one attached hydrogen (secondary N) is 1. The number of aryl methyl sites for hydroxylation is 1. The highest BCUT2D eigenvalue weighted by Gasteiger charge is 2.14. The molecule has 20 heavy (non-hydrogen) atoms. The van der Waals surface area contributed by atoms with Crippen molar-refractivity contribution in [3.8, 4) is 0 Å². The molecule has 0 amide bonds. The number of carboxylic acids is 1. The molecular weight excluding hydrogens is 283 g/mol. The van der Waals surface area contributed by atoms with Gasteiger partial charge in [0.25, 0.3) is 0 Å². The lowest BCUT2D eigenvalue weighted by atomic mass is 10.1. The van der Waals surface area contributed by atoms with Gasteiger partial charge in [0.2, 0.25) is 0 Å². The van der Waals surface area contributed by atoms with Gasteiger partial charge in [-0.1, -0.05) is 23.7 Å². The first-order valence-corrected chi connectivity index (χ1v) is 6.12. The molecule has 0 fully saturated rings. The Labute approximate surface area is 120 Å². The van der Waals surface area contributed by atoms with Gasteiger partial charge in [0, 0.05) is 6.07 Å². The first-order valence-electron chi connectivity index (χ1n) is 5.74. The molecule has 104 valence electrons. The van der Waals surface area contributed by atoms with Crippen LogP contribution in [0.25, 0.3) is 0 Å². The zero-order valence-electron chi connectivity index (χ0n) is 10.6. The SMILES string of the molecule is Cc1cccc(Cl)c1Nc1cc(F)c(C(=O)O)cc1N. The normalized spacial score (nSPS) is 10.3. The zero-order valence-corrected chi connectivity index (χ0v) is 11.3. The third kappa shape index (κ3) is 2.67. The van der Waals surface area contributed by atoms with Gasteiger partial charge < -0.3 is 16.2 Å². The van der Waals surface area contributed by atoms with Crippen molar-refractivity contribution in [3.05, 3.63) is 52.3 Å². The lowest BCUT2D eigenvalue weighted by Gasteiger charge is -2.14. The minimum absolute atomic E-state index is 0.128. The van der Waals surface area contributed by atoms with Gasteiger partial charge in [0.05, 0.1) is 27.6 Å². The summed E-state index contributed by atoms with van der Waals surface area (Å²) in [5, 5.41) is 12.2. The summed E-state index contributed by atoms with van der Waals surface area (Å²) in [6, 6.07) is 7.44. The van der Waals surface area contributed by atoms with Crippen molar-refractivity contribution in [2.45, 2.75) is 6.92 Å². The van der Waals surface area contributed by atoms with E-state index in [1.54, 1.807) is 12.1 Å². The number of benzene rings is 2. The Morgan fingerprint density at radius 3 is 2.70 bits per heavy atom. The maximum atomic E-state index is 13.7. The molecule has 0 aliphatic heterocycles. The van der Waals surface area contributed by atoms with E-state index in [9.17, 15) is 9.18 Å². The van der Waals surface area contributed by atoms with Crippen LogP contribution in [0, 0.1) is 12.7 Å². The molecule has 0 saturated heterocycles. The number of nitrogens with two attached hydrogens (primary N) is 1. The second-order valence-corrected chi connectivity index (χ2v) is 4.69. The van der Waals surface area contributed by atoms with Crippen molar-refractivity contribution in [2.24, 2.45) is 0 Å². The number of rotatable bonds is 3. The van der Waals surface area contributed by atoms with Crippen LogP contribution in [0.15, 0.2) is 30.3 Å². The van der Waals surface area contributed by atoms with Crippen LogP contribution in [0.3, 0.4) is 0 Å². The molecule has 2 rings (SSSR count). The molecule has 0 spiro atoms. The summed E-state index contributed by atoms with van der Waals surface area (Å²) in [4.78, 5) is 10.8. The van der Waals surface area contributed by atoms with Crippen LogP contribution in [0.4, 0.5) is 21.5 Å². The summed E-state index contributed by atoms with van der Waals surface area (Å²) in [5.41, 5.74) is 7.13. The summed E-state index contributed by atoms with van der Waals surface area (Å²) in [6.45, 7) is 1.84. The quantitative estimate of drug-likeness (QED) is 0.752. The number of carbonyl (C=O) groups is 1. The Bertz CT molecular complexity index is 669. The van der Waals surface area contributed by atoms with Crippen LogP contribution in [0.2, 0.25) is 5.02 Å². The Morgan fingerprint density at radius 1 is 1.40 bits per heavy atom. The second kappa shape index (κ2) is 5.38. The van der Waals surface area contributed by atoms with Crippen molar-refractivity contribution < 1.29 is 14.3 Å². The highest BCUT2D eigenvalue weighted by atomic mass is 35.5. The fourth-order valence-corrected chi connectivity index (χ4v) is 2.06. The summed E-state index contributed by atoms with van der Waals surface area (Å²) in [5.74, 6) is -2.23. The highest BCUT2D eigenvalue weighted by molar-refractivity contribution is 6.33. The van der Waals surface area contributed by atoms with Crippen molar-refractivity contribution in [2.75, 3.05) is 11.1 Å². The maximum Gasteiger partial charge on any atom is 0.338 e. The molecule has 4 nitrogen and oxygen atoms in total. The number of nitrogen functional groups attached to an aromatic ring is 1. The van der Waals surface area contributed by atoms with Crippen molar-refractivity contribution in [1.29, 1.82) is 0 Å². The Kier molecular flexibility index (Phi) is 3.81. The summed E-state index contributed by atoms with van der Waals surface area (Å²) >= 11 is 6.06. The van der Waals surface area contributed by atoms with E-state index in [2.05, 4.69) is 5.32 Å². The minimum atomic E-state index is -1.37. The molecule has 2 aromatic rings. The summed E-state index contributed by atoms with van der Waals surface area (Å²) in [6.07, 6.45) is 0. The molecule has 0 heterocycles. The van der Waals surface area contributed by atoms with E-state index in [4.69, 9.17) is 22.4 Å². The van der Waals surface area contributed by atoms with Gasteiger partial charge in [-0.3, -0.25) is 0 Å². The molecule has 0 atom stereocenters.